The van der Waals surface area contributed by atoms with E-state index in [-0.39, 0.29) is 35.8 Å². The molecule has 0 saturated heterocycles. The molecule has 3 nitrogen and oxygen atoms in total. The van der Waals surface area contributed by atoms with Crippen molar-refractivity contribution in [1.82, 2.24) is 4.98 Å². The zero-order chi connectivity index (χ0) is 22.0. The summed E-state index contributed by atoms with van der Waals surface area (Å²) in [6, 6.07) is 11.5. The molecule has 2 aromatic carbocycles. The maximum Gasteiger partial charge on any atom is 0.185 e. The van der Waals surface area contributed by atoms with Crippen LogP contribution in [0.25, 0.3) is 0 Å². The number of rotatable bonds is 6. The molecule has 154 valence electrons. The average Bonchev–Trinajstić information content (AvgIpc) is 2.67. The van der Waals surface area contributed by atoms with Gasteiger partial charge in [-0.1, -0.05) is 52.5 Å². The first-order valence-electron chi connectivity index (χ1n) is 9.08. The van der Waals surface area contributed by atoms with E-state index in [9.17, 15) is 9.59 Å². The lowest BCUT2D eigenvalue weighted by Crippen LogP contribution is -2.13. The van der Waals surface area contributed by atoms with Crippen molar-refractivity contribution in [3.63, 3.8) is 0 Å². The number of nitrogens with zero attached hydrogens (tertiary/aromatic N) is 1. The molecule has 1 heterocycles. The predicted molar refractivity (Wildman–Crippen MR) is 123 cm³/mol. The van der Waals surface area contributed by atoms with Crippen LogP contribution in [0.3, 0.4) is 0 Å². The van der Waals surface area contributed by atoms with Gasteiger partial charge in [0.05, 0.1) is 0 Å². The minimum atomic E-state index is -0.238. The Morgan fingerprint density at radius 3 is 1.50 bits per heavy atom. The highest BCUT2D eigenvalue weighted by atomic mass is 35.5. The standard InChI is InChI=1S/C23H17Cl4NO2/c1-12-6-14(24)8-18(26)16(12)10-22(29)20-4-3-5-21(28-20)23(30)11-17-13(2)7-15(25)9-19(17)27/h3-9H,10-11H2,1-2H3. The minimum absolute atomic E-state index is 0.0641. The van der Waals surface area contributed by atoms with E-state index in [1.54, 1.807) is 42.5 Å². The Hall–Kier alpha value is -1.91. The van der Waals surface area contributed by atoms with E-state index in [0.29, 0.717) is 31.2 Å². The lowest BCUT2D eigenvalue weighted by molar-refractivity contribution is 0.0984. The smallest absolute Gasteiger partial charge is 0.185 e. The van der Waals surface area contributed by atoms with E-state index in [2.05, 4.69) is 4.98 Å². The zero-order valence-corrected chi connectivity index (χ0v) is 19.3. The lowest BCUT2D eigenvalue weighted by atomic mass is 10.00. The molecule has 0 bridgehead atoms. The molecule has 1 aromatic heterocycles. The van der Waals surface area contributed by atoms with Crippen molar-refractivity contribution in [1.29, 1.82) is 0 Å². The quantitative estimate of drug-likeness (QED) is 0.351. The van der Waals surface area contributed by atoms with Gasteiger partial charge in [0.2, 0.25) is 0 Å². The van der Waals surface area contributed by atoms with Crippen molar-refractivity contribution in [2.24, 2.45) is 0 Å². The van der Waals surface area contributed by atoms with Gasteiger partial charge in [0.15, 0.2) is 11.6 Å². The molecule has 3 aromatic rings. The van der Waals surface area contributed by atoms with E-state index >= 15 is 0 Å². The van der Waals surface area contributed by atoms with Gasteiger partial charge < -0.3 is 0 Å². The first-order valence-corrected chi connectivity index (χ1v) is 10.6. The van der Waals surface area contributed by atoms with Gasteiger partial charge in [-0.25, -0.2) is 4.98 Å². The molecule has 0 unspecified atom stereocenters. The van der Waals surface area contributed by atoms with E-state index in [0.717, 1.165) is 11.1 Å². The van der Waals surface area contributed by atoms with E-state index in [4.69, 9.17) is 46.4 Å². The number of aryl methyl sites for hydroxylation is 2. The fraction of sp³-hybridized carbons (Fsp3) is 0.174. The first-order chi connectivity index (χ1) is 14.2. The number of carbonyl (C=O) groups is 2. The minimum Gasteiger partial charge on any atom is -0.292 e. The second kappa shape index (κ2) is 9.49. The summed E-state index contributed by atoms with van der Waals surface area (Å²) in [5.74, 6) is -0.477. The summed E-state index contributed by atoms with van der Waals surface area (Å²) >= 11 is 24.5. The number of benzene rings is 2. The number of pyridine rings is 1. The van der Waals surface area contributed by atoms with Gasteiger partial charge >= 0.3 is 0 Å². The molecule has 0 atom stereocenters. The van der Waals surface area contributed by atoms with Crippen molar-refractivity contribution in [3.8, 4) is 0 Å². The van der Waals surface area contributed by atoms with Gasteiger partial charge in [-0.3, -0.25) is 9.59 Å². The second-order valence-electron chi connectivity index (χ2n) is 6.97. The molecule has 0 spiro atoms. The predicted octanol–water partition coefficient (Wildman–Crippen LogP) is 7.16. The SMILES string of the molecule is Cc1cc(Cl)cc(Cl)c1CC(=O)c1cccc(C(=O)Cc2c(C)cc(Cl)cc2Cl)n1. The van der Waals surface area contributed by atoms with E-state index < -0.39 is 0 Å². The Morgan fingerprint density at radius 2 is 1.13 bits per heavy atom. The summed E-state index contributed by atoms with van der Waals surface area (Å²) in [4.78, 5) is 29.8. The topological polar surface area (TPSA) is 47.0 Å². The summed E-state index contributed by atoms with van der Waals surface area (Å²) in [7, 11) is 0. The third kappa shape index (κ3) is 5.22. The summed E-state index contributed by atoms with van der Waals surface area (Å²) in [6.07, 6.45) is 0.128. The maximum atomic E-state index is 12.8. The summed E-state index contributed by atoms with van der Waals surface area (Å²) in [6.45, 7) is 3.68. The van der Waals surface area contributed by atoms with E-state index in [1.807, 2.05) is 13.8 Å². The van der Waals surface area contributed by atoms with Crippen LogP contribution in [-0.4, -0.2) is 16.6 Å². The largest absolute Gasteiger partial charge is 0.292 e. The van der Waals surface area contributed by atoms with E-state index in [1.165, 1.54) is 0 Å². The Morgan fingerprint density at radius 1 is 0.733 bits per heavy atom. The molecule has 0 aliphatic carbocycles. The van der Waals surface area contributed by atoms with Gasteiger partial charge in [-0.2, -0.15) is 0 Å². The Balaban J connectivity index is 1.82. The highest BCUT2D eigenvalue weighted by molar-refractivity contribution is 6.36. The molecular formula is C23H17Cl4NO2. The van der Waals surface area contributed by atoms with Gasteiger partial charge in [-0.05, 0) is 72.5 Å². The molecule has 0 aliphatic heterocycles. The number of ketones is 2. The highest BCUT2D eigenvalue weighted by Gasteiger charge is 2.18. The Labute approximate surface area is 194 Å². The molecule has 30 heavy (non-hydrogen) atoms. The number of hydrogen-bond acceptors (Lipinski definition) is 3. The molecular weight excluding hydrogens is 464 g/mol. The van der Waals surface area contributed by atoms with Crippen molar-refractivity contribution >= 4 is 58.0 Å². The number of hydrogen-bond donors (Lipinski definition) is 0. The molecule has 0 amide bonds. The van der Waals surface area contributed by atoms with Gasteiger partial charge in [0, 0.05) is 32.9 Å². The number of halogens is 4. The molecule has 7 heteroatoms. The van der Waals surface area contributed by atoms with Crippen LogP contribution in [0.15, 0.2) is 42.5 Å². The van der Waals surface area contributed by atoms with Crippen molar-refractivity contribution < 1.29 is 9.59 Å². The third-order valence-electron chi connectivity index (χ3n) is 4.76. The molecule has 0 radical (unpaired) electrons. The van der Waals surface area contributed by atoms with Gasteiger partial charge in [0.1, 0.15) is 11.4 Å². The van der Waals surface area contributed by atoms with Crippen LogP contribution in [0, 0.1) is 13.8 Å². The van der Waals surface area contributed by atoms with Crippen LogP contribution in [0.5, 0.6) is 0 Å². The Bertz CT molecular complexity index is 1020. The van der Waals surface area contributed by atoms with Crippen LogP contribution in [0.1, 0.15) is 43.2 Å². The zero-order valence-electron chi connectivity index (χ0n) is 16.2. The normalized spacial score (nSPS) is 10.9. The summed E-state index contributed by atoms with van der Waals surface area (Å²) in [5, 5.41) is 1.87. The van der Waals surface area contributed by atoms with Crippen molar-refractivity contribution in [3.05, 3.63) is 96.2 Å². The number of aromatic nitrogens is 1. The van der Waals surface area contributed by atoms with Crippen LogP contribution in [-0.2, 0) is 12.8 Å². The molecule has 3 rings (SSSR count). The monoisotopic (exact) mass is 479 g/mol. The molecule has 0 aliphatic rings. The Kier molecular flexibility index (Phi) is 7.20. The lowest BCUT2D eigenvalue weighted by Gasteiger charge is -2.10. The van der Waals surface area contributed by atoms with Crippen LogP contribution in [0.4, 0.5) is 0 Å². The fourth-order valence-corrected chi connectivity index (χ4v) is 4.48. The highest BCUT2D eigenvalue weighted by Crippen LogP contribution is 2.27. The number of Topliss-reactive ketones (excluding diaryl/α,β-unsaturated/α-hetero) is 2. The third-order valence-corrected chi connectivity index (χ3v) is 5.87. The van der Waals surface area contributed by atoms with Gasteiger partial charge in [0.25, 0.3) is 0 Å². The van der Waals surface area contributed by atoms with Gasteiger partial charge in [-0.15, -0.1) is 0 Å². The van der Waals surface area contributed by atoms with Crippen LogP contribution < -0.4 is 0 Å². The van der Waals surface area contributed by atoms with Crippen molar-refractivity contribution in [2.45, 2.75) is 26.7 Å². The van der Waals surface area contributed by atoms with Crippen LogP contribution >= 0.6 is 46.4 Å². The average molecular weight is 481 g/mol. The van der Waals surface area contributed by atoms with Crippen LogP contribution in [0.2, 0.25) is 20.1 Å². The fourth-order valence-electron chi connectivity index (χ4n) is 3.16. The first kappa shape index (κ1) is 22.8. The summed E-state index contributed by atoms with van der Waals surface area (Å²) in [5.41, 5.74) is 3.42. The molecule has 0 N–H and O–H groups in total. The number of carbonyl (C=O) groups excluding carboxylic acids is 2. The molecule has 0 fully saturated rings. The maximum absolute atomic E-state index is 12.8. The second-order valence-corrected chi connectivity index (χ2v) is 8.66. The molecule has 0 saturated carbocycles. The van der Waals surface area contributed by atoms with Crippen molar-refractivity contribution in [2.75, 3.05) is 0 Å². The summed E-state index contributed by atoms with van der Waals surface area (Å²) < 4.78 is 0.